The number of fused-ring (bicyclic) bond motifs is 1. The molecule has 2 fully saturated rings. The summed E-state index contributed by atoms with van der Waals surface area (Å²) in [6.07, 6.45) is 7.94. The number of nitrogens with two attached hydrogens (primary N) is 1. The Hall–Kier alpha value is -2.88. The van der Waals surface area contributed by atoms with Crippen LogP contribution in [0.3, 0.4) is 0 Å². The number of hydrogen-bond acceptors (Lipinski definition) is 6. The van der Waals surface area contributed by atoms with Crippen molar-refractivity contribution in [3.8, 4) is 11.5 Å². The SMILES string of the molecule is CCCCOc1ccc(C(F)(F)C(C(=O)N2CCC(N)CC2)N(C)Sc2ccc3cc(OC4CCCC4)ccc3c2)cc1. The molecule has 1 saturated heterocycles. The molecular formula is C34H43F2N3O3S. The number of amides is 1. The summed E-state index contributed by atoms with van der Waals surface area (Å²) in [7, 11) is 1.57. The first-order chi connectivity index (χ1) is 20.7. The van der Waals surface area contributed by atoms with Gasteiger partial charge in [0.25, 0.3) is 5.92 Å². The molecule has 1 unspecified atom stereocenters. The third-order valence-electron chi connectivity index (χ3n) is 8.44. The molecular weight excluding hydrogens is 568 g/mol. The van der Waals surface area contributed by atoms with Gasteiger partial charge < -0.3 is 20.1 Å². The van der Waals surface area contributed by atoms with Gasteiger partial charge in [-0.1, -0.05) is 25.5 Å². The summed E-state index contributed by atoms with van der Waals surface area (Å²) in [5, 5.41) is 2.00. The number of unbranched alkanes of at least 4 members (excludes halogenated alkanes) is 1. The van der Waals surface area contributed by atoms with Gasteiger partial charge in [-0.25, -0.2) is 4.31 Å². The van der Waals surface area contributed by atoms with E-state index < -0.39 is 17.9 Å². The Bertz CT molecular complexity index is 1360. The van der Waals surface area contributed by atoms with Crippen LogP contribution >= 0.6 is 11.9 Å². The van der Waals surface area contributed by atoms with Gasteiger partial charge in [-0.3, -0.25) is 4.79 Å². The maximum Gasteiger partial charge on any atom is 0.298 e. The van der Waals surface area contributed by atoms with Gasteiger partial charge in [-0.05, 0) is 123 Å². The lowest BCUT2D eigenvalue weighted by molar-refractivity contribution is -0.150. The Balaban J connectivity index is 1.36. The molecule has 9 heteroatoms. The minimum absolute atomic E-state index is 0.0166. The predicted octanol–water partition coefficient (Wildman–Crippen LogP) is 7.39. The summed E-state index contributed by atoms with van der Waals surface area (Å²) in [5.41, 5.74) is 5.83. The molecule has 3 aromatic carbocycles. The van der Waals surface area contributed by atoms with Crippen molar-refractivity contribution < 1.29 is 23.0 Å². The summed E-state index contributed by atoms with van der Waals surface area (Å²) < 4.78 is 46.0. The van der Waals surface area contributed by atoms with E-state index in [0.717, 1.165) is 59.0 Å². The van der Waals surface area contributed by atoms with Crippen LogP contribution in [0.1, 0.15) is 63.9 Å². The number of rotatable bonds is 12. The Morgan fingerprint density at radius 1 is 1.00 bits per heavy atom. The van der Waals surface area contributed by atoms with Crippen LogP contribution in [0.15, 0.2) is 65.6 Å². The van der Waals surface area contributed by atoms with E-state index in [0.29, 0.717) is 38.3 Å². The quantitative estimate of drug-likeness (QED) is 0.170. The van der Waals surface area contributed by atoms with E-state index >= 15 is 8.78 Å². The highest BCUT2D eigenvalue weighted by Crippen LogP contribution is 2.40. The van der Waals surface area contributed by atoms with Crippen molar-refractivity contribution in [1.82, 2.24) is 9.21 Å². The molecule has 1 aliphatic carbocycles. The molecule has 1 aliphatic heterocycles. The highest BCUT2D eigenvalue weighted by molar-refractivity contribution is 7.97. The maximum absolute atomic E-state index is 16.4. The Kier molecular flexibility index (Phi) is 10.5. The first kappa shape index (κ1) is 31.5. The van der Waals surface area contributed by atoms with Gasteiger partial charge in [0, 0.05) is 29.6 Å². The third-order valence-corrected chi connectivity index (χ3v) is 9.40. The fraction of sp³-hybridized carbons (Fsp3) is 0.500. The van der Waals surface area contributed by atoms with E-state index in [9.17, 15) is 4.79 Å². The number of likely N-dealkylation sites (N-methyl/N-ethyl adjacent to an activating group) is 1. The number of carbonyl (C=O) groups is 1. The largest absolute Gasteiger partial charge is 0.494 e. The molecule has 2 N–H and O–H groups in total. The van der Waals surface area contributed by atoms with Crippen LogP contribution in [0.5, 0.6) is 11.5 Å². The highest BCUT2D eigenvalue weighted by atomic mass is 32.2. The summed E-state index contributed by atoms with van der Waals surface area (Å²) >= 11 is 1.15. The van der Waals surface area contributed by atoms with Crippen LogP contribution in [-0.4, -0.2) is 60.0 Å². The van der Waals surface area contributed by atoms with Crippen molar-refractivity contribution in [3.05, 3.63) is 66.2 Å². The highest BCUT2D eigenvalue weighted by Gasteiger charge is 2.50. The molecule has 1 atom stereocenters. The van der Waals surface area contributed by atoms with Gasteiger partial charge in [0.2, 0.25) is 5.91 Å². The molecule has 1 heterocycles. The Labute approximate surface area is 258 Å². The second-order valence-electron chi connectivity index (χ2n) is 11.7. The maximum atomic E-state index is 16.4. The molecule has 0 aromatic heterocycles. The number of halogens is 2. The first-order valence-electron chi connectivity index (χ1n) is 15.5. The van der Waals surface area contributed by atoms with Crippen LogP contribution in [0.4, 0.5) is 8.78 Å². The number of nitrogens with zero attached hydrogens (tertiary/aromatic N) is 2. The molecule has 6 nitrogen and oxygen atoms in total. The molecule has 5 rings (SSSR count). The number of ether oxygens (including phenoxy) is 2. The zero-order chi connectivity index (χ0) is 30.4. The standard InChI is InChI=1S/C34H43F2N3O3S/c1-3-4-21-41-28-14-11-26(12-15-28)34(35,36)32(33(40)39-19-17-27(37)18-20-39)38(2)43-31-16-10-24-22-30(13-9-25(24)23-31)42-29-7-5-6-8-29/h9-16,22-23,27,29,32H,3-8,17-21,37H2,1-2H3. The first-order valence-corrected chi connectivity index (χ1v) is 16.3. The minimum atomic E-state index is -3.45. The van der Waals surface area contributed by atoms with Gasteiger partial charge in [0.15, 0.2) is 6.04 Å². The second kappa shape index (κ2) is 14.3. The van der Waals surface area contributed by atoms with Crippen molar-refractivity contribution in [3.63, 3.8) is 0 Å². The van der Waals surface area contributed by atoms with Crippen LogP contribution in [0, 0.1) is 0 Å². The summed E-state index contributed by atoms with van der Waals surface area (Å²) in [6.45, 7) is 3.34. The number of likely N-dealkylation sites (tertiary alicyclic amines) is 1. The number of benzene rings is 3. The molecule has 3 aromatic rings. The summed E-state index contributed by atoms with van der Waals surface area (Å²) in [6, 6.07) is 16.0. The van der Waals surface area contributed by atoms with Gasteiger partial charge in [-0.15, -0.1) is 0 Å². The van der Waals surface area contributed by atoms with Crippen LogP contribution in [0.25, 0.3) is 10.8 Å². The fourth-order valence-corrected chi connectivity index (χ4v) is 6.82. The lowest BCUT2D eigenvalue weighted by Crippen LogP contribution is -2.55. The van der Waals surface area contributed by atoms with Crippen LogP contribution < -0.4 is 15.2 Å². The number of piperidine rings is 1. The topological polar surface area (TPSA) is 68.0 Å². The number of carbonyl (C=O) groups excluding carboxylic acids is 1. The van der Waals surface area contributed by atoms with E-state index in [1.165, 1.54) is 34.2 Å². The number of hydrogen-bond donors (Lipinski definition) is 1. The normalized spacial score (nSPS) is 17.5. The monoisotopic (exact) mass is 611 g/mol. The third kappa shape index (κ3) is 7.80. The van der Waals surface area contributed by atoms with E-state index in [-0.39, 0.29) is 17.7 Å². The smallest absolute Gasteiger partial charge is 0.298 e. The van der Waals surface area contributed by atoms with Gasteiger partial charge >= 0.3 is 0 Å². The lowest BCUT2D eigenvalue weighted by atomic mass is 9.98. The van der Waals surface area contributed by atoms with E-state index in [1.54, 1.807) is 19.2 Å². The lowest BCUT2D eigenvalue weighted by Gasteiger charge is -2.38. The van der Waals surface area contributed by atoms with E-state index in [4.69, 9.17) is 15.2 Å². The molecule has 0 radical (unpaired) electrons. The fourth-order valence-electron chi connectivity index (χ4n) is 5.85. The molecule has 0 bridgehead atoms. The average molecular weight is 612 g/mol. The molecule has 232 valence electrons. The van der Waals surface area contributed by atoms with Gasteiger partial charge in [-0.2, -0.15) is 8.78 Å². The average Bonchev–Trinajstić information content (AvgIpc) is 3.51. The second-order valence-corrected chi connectivity index (χ2v) is 13.0. The van der Waals surface area contributed by atoms with Crippen molar-refractivity contribution in [2.24, 2.45) is 5.73 Å². The summed E-state index contributed by atoms with van der Waals surface area (Å²) in [4.78, 5) is 16.1. The Morgan fingerprint density at radius 2 is 1.65 bits per heavy atom. The number of alkyl halides is 2. The van der Waals surface area contributed by atoms with Gasteiger partial charge in [0.05, 0.1) is 12.7 Å². The zero-order valence-corrected chi connectivity index (χ0v) is 26.0. The summed E-state index contributed by atoms with van der Waals surface area (Å²) in [5.74, 6) is -2.66. The van der Waals surface area contributed by atoms with Crippen molar-refractivity contribution >= 4 is 28.6 Å². The molecule has 43 heavy (non-hydrogen) atoms. The molecule has 1 amide bonds. The molecule has 1 saturated carbocycles. The van der Waals surface area contributed by atoms with Crippen molar-refractivity contribution in [2.45, 2.75) is 87.3 Å². The Morgan fingerprint density at radius 3 is 2.35 bits per heavy atom. The minimum Gasteiger partial charge on any atom is -0.494 e. The van der Waals surface area contributed by atoms with Gasteiger partial charge in [0.1, 0.15) is 11.5 Å². The zero-order valence-electron chi connectivity index (χ0n) is 25.1. The van der Waals surface area contributed by atoms with Crippen molar-refractivity contribution in [1.29, 1.82) is 0 Å². The van der Waals surface area contributed by atoms with E-state index in [1.807, 2.05) is 36.4 Å². The van der Waals surface area contributed by atoms with Crippen LogP contribution in [0.2, 0.25) is 0 Å². The molecule has 0 spiro atoms. The van der Waals surface area contributed by atoms with Crippen LogP contribution in [-0.2, 0) is 10.7 Å². The predicted molar refractivity (Wildman–Crippen MR) is 169 cm³/mol. The molecule has 2 aliphatic rings. The van der Waals surface area contributed by atoms with Crippen molar-refractivity contribution in [2.75, 3.05) is 26.7 Å². The van der Waals surface area contributed by atoms with E-state index in [2.05, 4.69) is 6.92 Å².